The molecule has 3 heterocycles. The van der Waals surface area contributed by atoms with E-state index in [2.05, 4.69) is 15.7 Å². The Bertz CT molecular complexity index is 804. The summed E-state index contributed by atoms with van der Waals surface area (Å²) in [5.74, 6) is -1.65. The zero-order chi connectivity index (χ0) is 18.3. The normalized spacial score (nSPS) is 30.2. The van der Waals surface area contributed by atoms with Crippen LogP contribution in [0.4, 0.5) is 19.3 Å². The maximum absolute atomic E-state index is 13.7. The number of ether oxygens (including phenoxy) is 2. The number of hydrogen-bond donors (Lipinski definition) is 3. The minimum Gasteiger partial charge on any atom is -0.388 e. The van der Waals surface area contributed by atoms with Gasteiger partial charge in [-0.1, -0.05) is 0 Å². The first kappa shape index (κ1) is 16.9. The van der Waals surface area contributed by atoms with Gasteiger partial charge in [-0.2, -0.15) is 5.10 Å². The maximum Gasteiger partial charge on any atom is 0.319 e. The Hall–Kier alpha value is -2.56. The number of nitrogens with zero attached hydrogens (tertiary/aromatic N) is 2. The third-order valence-corrected chi connectivity index (χ3v) is 4.44. The third kappa shape index (κ3) is 3.02. The van der Waals surface area contributed by atoms with Crippen molar-refractivity contribution in [2.24, 2.45) is 0 Å². The average molecular weight is 366 g/mol. The van der Waals surface area contributed by atoms with Crippen molar-refractivity contribution in [3.05, 3.63) is 48.3 Å². The van der Waals surface area contributed by atoms with Gasteiger partial charge in [0.2, 0.25) is 0 Å². The highest BCUT2D eigenvalue weighted by Gasteiger charge is 2.51. The monoisotopic (exact) mass is 366 g/mol. The second-order valence-electron chi connectivity index (χ2n) is 6.09. The smallest absolute Gasteiger partial charge is 0.319 e. The highest BCUT2D eigenvalue weighted by Crippen LogP contribution is 2.35. The van der Waals surface area contributed by atoms with Gasteiger partial charge in [0, 0.05) is 18.5 Å². The van der Waals surface area contributed by atoms with Crippen LogP contribution in [0.5, 0.6) is 0 Å². The molecule has 0 unspecified atom stereocenters. The van der Waals surface area contributed by atoms with E-state index in [1.54, 1.807) is 18.5 Å². The third-order valence-electron chi connectivity index (χ3n) is 4.44. The van der Waals surface area contributed by atoms with E-state index in [-0.39, 0.29) is 12.3 Å². The highest BCUT2D eigenvalue weighted by molar-refractivity contribution is 5.89. The molecule has 0 aliphatic carbocycles. The van der Waals surface area contributed by atoms with Crippen LogP contribution < -0.4 is 10.6 Å². The summed E-state index contributed by atoms with van der Waals surface area (Å²) in [6.45, 7) is 0.190. The number of aliphatic hydroxyl groups excluding tert-OH is 1. The van der Waals surface area contributed by atoms with Crippen LogP contribution in [-0.4, -0.2) is 52.1 Å². The molecule has 2 aromatic rings. The molecule has 5 atom stereocenters. The van der Waals surface area contributed by atoms with E-state index in [1.807, 2.05) is 0 Å². The van der Waals surface area contributed by atoms with Crippen LogP contribution in [0.2, 0.25) is 0 Å². The van der Waals surface area contributed by atoms with E-state index in [0.717, 1.165) is 12.1 Å². The number of benzene rings is 1. The van der Waals surface area contributed by atoms with Crippen molar-refractivity contribution in [1.29, 1.82) is 0 Å². The number of carbonyl (C=O) groups is 1. The van der Waals surface area contributed by atoms with Gasteiger partial charge in [0.05, 0.1) is 18.3 Å². The van der Waals surface area contributed by atoms with E-state index >= 15 is 0 Å². The minimum atomic E-state index is -1.04. The molecule has 2 fully saturated rings. The second-order valence-corrected chi connectivity index (χ2v) is 6.09. The van der Waals surface area contributed by atoms with Gasteiger partial charge in [-0.3, -0.25) is 4.68 Å². The fourth-order valence-corrected chi connectivity index (χ4v) is 3.22. The molecule has 2 bridgehead atoms. The summed E-state index contributed by atoms with van der Waals surface area (Å²) in [6, 6.07) is 2.30. The summed E-state index contributed by atoms with van der Waals surface area (Å²) in [7, 11) is 0. The minimum absolute atomic E-state index is 0.181. The van der Waals surface area contributed by atoms with Crippen molar-refractivity contribution >= 4 is 11.7 Å². The molecular weight excluding hydrogens is 350 g/mol. The van der Waals surface area contributed by atoms with Crippen LogP contribution in [-0.2, 0) is 9.47 Å². The Morgan fingerprint density at radius 3 is 2.96 bits per heavy atom. The summed E-state index contributed by atoms with van der Waals surface area (Å²) in [5, 5.41) is 19.7. The summed E-state index contributed by atoms with van der Waals surface area (Å²) in [4.78, 5) is 12.2. The zero-order valence-electron chi connectivity index (χ0n) is 13.4. The Morgan fingerprint density at radius 1 is 1.38 bits per heavy atom. The molecule has 26 heavy (non-hydrogen) atoms. The first-order chi connectivity index (χ1) is 12.5. The van der Waals surface area contributed by atoms with Crippen LogP contribution in [0.25, 0.3) is 0 Å². The second kappa shape index (κ2) is 6.63. The first-order valence-corrected chi connectivity index (χ1v) is 8.00. The quantitative estimate of drug-likeness (QED) is 0.753. The van der Waals surface area contributed by atoms with Crippen molar-refractivity contribution in [2.45, 2.75) is 30.6 Å². The van der Waals surface area contributed by atoms with E-state index in [4.69, 9.17) is 9.47 Å². The molecule has 138 valence electrons. The predicted molar refractivity (Wildman–Crippen MR) is 84.2 cm³/mol. The number of halogens is 2. The van der Waals surface area contributed by atoms with Gasteiger partial charge in [0.1, 0.15) is 29.9 Å². The number of hydrogen-bond acceptors (Lipinski definition) is 5. The fraction of sp³-hybridized carbons (Fsp3) is 0.375. The molecule has 2 aliphatic heterocycles. The van der Waals surface area contributed by atoms with Crippen molar-refractivity contribution in [2.75, 3.05) is 11.9 Å². The predicted octanol–water partition coefficient (Wildman–Crippen LogP) is 1.01. The molecule has 1 aromatic carbocycles. The molecular formula is C16H16F2N4O4. The summed E-state index contributed by atoms with van der Waals surface area (Å²) in [5.41, 5.74) is -0.181. The molecule has 0 radical (unpaired) electrons. The number of rotatable bonds is 3. The molecule has 0 saturated carbocycles. The van der Waals surface area contributed by atoms with Crippen molar-refractivity contribution in [1.82, 2.24) is 15.1 Å². The molecule has 3 N–H and O–H groups in total. The molecule has 1 aromatic heterocycles. The van der Waals surface area contributed by atoms with Gasteiger partial charge in [-0.05, 0) is 18.2 Å². The standard InChI is InChI=1S/C16H16F2N4O4/c17-8-2-3-10(9(18)6-8)20-16(24)21-12-11-7-25-15(26-11)13(14(12)23)22-5-1-4-19-22/h1-6,11-15,23H,7H2,(H2,20,21,24)/t11-,12-,13-,14+,15-/m1/s1. The lowest BCUT2D eigenvalue weighted by atomic mass is 9.96. The number of aromatic nitrogens is 2. The van der Waals surface area contributed by atoms with Crippen LogP contribution in [0, 0.1) is 11.6 Å². The number of nitrogens with one attached hydrogen (secondary N) is 2. The number of fused-ring (bicyclic) bond motifs is 2. The van der Waals surface area contributed by atoms with Crippen LogP contribution in [0.3, 0.4) is 0 Å². The molecule has 2 aliphatic rings. The lowest BCUT2D eigenvalue weighted by molar-refractivity contribution is -0.166. The highest BCUT2D eigenvalue weighted by atomic mass is 19.1. The van der Waals surface area contributed by atoms with Crippen LogP contribution in [0.15, 0.2) is 36.7 Å². The van der Waals surface area contributed by atoms with Crippen LogP contribution in [0.1, 0.15) is 6.04 Å². The molecule has 2 saturated heterocycles. The van der Waals surface area contributed by atoms with Crippen molar-refractivity contribution in [3.8, 4) is 0 Å². The van der Waals surface area contributed by atoms with Crippen molar-refractivity contribution < 1.29 is 28.2 Å². The Balaban J connectivity index is 1.49. The SMILES string of the molecule is O=C(Nc1ccc(F)cc1F)N[C@H]1[C@H](O)[C@@H](n2cccn2)[C@@H]2OC[C@H]1O2. The lowest BCUT2D eigenvalue weighted by Gasteiger charge is -2.38. The Morgan fingerprint density at radius 2 is 2.23 bits per heavy atom. The number of anilines is 1. The van der Waals surface area contributed by atoms with Gasteiger partial charge in [-0.15, -0.1) is 0 Å². The number of amides is 2. The van der Waals surface area contributed by atoms with E-state index in [9.17, 15) is 18.7 Å². The summed E-state index contributed by atoms with van der Waals surface area (Å²) in [6.07, 6.45) is 0.950. The van der Waals surface area contributed by atoms with E-state index in [0.29, 0.717) is 6.07 Å². The number of aliphatic hydroxyl groups is 1. The zero-order valence-corrected chi connectivity index (χ0v) is 13.4. The van der Waals surface area contributed by atoms with Gasteiger partial charge in [0.15, 0.2) is 6.29 Å². The molecule has 4 rings (SSSR count). The summed E-state index contributed by atoms with van der Waals surface area (Å²) < 4.78 is 39.4. The number of urea groups is 1. The topological polar surface area (TPSA) is 97.6 Å². The molecule has 2 amide bonds. The Labute approximate surface area is 146 Å². The number of carbonyl (C=O) groups excluding carboxylic acids is 1. The van der Waals surface area contributed by atoms with Gasteiger partial charge in [0.25, 0.3) is 0 Å². The molecule has 0 spiro atoms. The van der Waals surface area contributed by atoms with E-state index < -0.39 is 48.2 Å². The summed E-state index contributed by atoms with van der Waals surface area (Å²) >= 11 is 0. The average Bonchev–Trinajstić information content (AvgIpc) is 3.26. The van der Waals surface area contributed by atoms with Gasteiger partial charge in [-0.25, -0.2) is 13.6 Å². The fourth-order valence-electron chi connectivity index (χ4n) is 3.22. The maximum atomic E-state index is 13.7. The molecule has 10 heteroatoms. The Kier molecular flexibility index (Phi) is 4.31. The van der Waals surface area contributed by atoms with Gasteiger partial charge >= 0.3 is 6.03 Å². The largest absolute Gasteiger partial charge is 0.388 e. The van der Waals surface area contributed by atoms with Crippen molar-refractivity contribution in [3.63, 3.8) is 0 Å². The van der Waals surface area contributed by atoms with Crippen LogP contribution >= 0.6 is 0 Å². The lowest BCUT2D eigenvalue weighted by Crippen LogP contribution is -2.59. The van der Waals surface area contributed by atoms with Gasteiger partial charge < -0.3 is 25.2 Å². The first-order valence-electron chi connectivity index (χ1n) is 8.00. The molecule has 8 nitrogen and oxygen atoms in total. The van der Waals surface area contributed by atoms with E-state index in [1.165, 1.54) is 4.68 Å².